The first-order valence-electron chi connectivity index (χ1n) is 7.12. The minimum absolute atomic E-state index is 0.0904. The third-order valence-electron chi connectivity index (χ3n) is 3.61. The number of benzene rings is 1. The third kappa shape index (κ3) is 3.02. The van der Waals surface area contributed by atoms with Gasteiger partial charge in [0.2, 0.25) is 11.8 Å². The largest absolute Gasteiger partial charge is 0.494 e. The summed E-state index contributed by atoms with van der Waals surface area (Å²) < 4.78 is 29.5. The Morgan fingerprint density at radius 3 is 2.91 bits per heavy atom. The molecule has 1 aromatic carbocycles. The zero-order valence-electron chi connectivity index (χ0n) is 12.8. The second-order valence-corrected chi connectivity index (χ2v) is 5.10. The van der Waals surface area contributed by atoms with E-state index in [2.05, 4.69) is 10.2 Å². The third-order valence-corrected chi connectivity index (χ3v) is 3.61. The van der Waals surface area contributed by atoms with Crippen molar-refractivity contribution in [1.29, 1.82) is 0 Å². The predicted octanol–water partition coefficient (Wildman–Crippen LogP) is 1.74. The van der Waals surface area contributed by atoms with Gasteiger partial charge in [0.05, 0.1) is 20.3 Å². The van der Waals surface area contributed by atoms with E-state index in [1.54, 1.807) is 11.8 Å². The van der Waals surface area contributed by atoms with Crippen LogP contribution in [0.5, 0.6) is 5.75 Å². The van der Waals surface area contributed by atoms with Crippen molar-refractivity contribution in [2.75, 3.05) is 26.9 Å². The molecule has 0 N–H and O–H groups in total. The van der Waals surface area contributed by atoms with Crippen LogP contribution in [0.3, 0.4) is 0 Å². The van der Waals surface area contributed by atoms with Crippen molar-refractivity contribution in [3.05, 3.63) is 41.4 Å². The Morgan fingerprint density at radius 2 is 2.26 bits per heavy atom. The number of amides is 1. The first-order valence-corrected chi connectivity index (χ1v) is 7.12. The minimum atomic E-state index is -0.586. The maximum atomic E-state index is 13.8. The summed E-state index contributed by atoms with van der Waals surface area (Å²) in [5, 5.41) is 7.73. The molecule has 1 aliphatic heterocycles. The van der Waals surface area contributed by atoms with Gasteiger partial charge in [-0.15, -0.1) is 10.2 Å². The first kappa shape index (κ1) is 15.4. The standard InChI is InChI=1S/C15H16FN3O4/c1-9-17-18-14(23-9)12-8-22-6-5-19(12)15(20)10-3-4-13(21-2)11(16)7-10/h3-4,7,12H,5-6,8H2,1-2H3/t12-/m1/s1. The monoisotopic (exact) mass is 321 g/mol. The van der Waals surface area contributed by atoms with Gasteiger partial charge in [0.1, 0.15) is 6.04 Å². The van der Waals surface area contributed by atoms with Crippen molar-refractivity contribution in [3.63, 3.8) is 0 Å². The summed E-state index contributed by atoms with van der Waals surface area (Å²) in [4.78, 5) is 14.3. The molecule has 0 aliphatic carbocycles. The van der Waals surface area contributed by atoms with Crippen LogP contribution in [0.1, 0.15) is 28.2 Å². The van der Waals surface area contributed by atoms with E-state index < -0.39 is 11.9 Å². The summed E-state index contributed by atoms with van der Waals surface area (Å²) >= 11 is 0. The molecule has 2 heterocycles. The van der Waals surface area contributed by atoms with E-state index in [4.69, 9.17) is 13.9 Å². The summed E-state index contributed by atoms with van der Waals surface area (Å²) in [6, 6.07) is 3.62. The molecular weight excluding hydrogens is 305 g/mol. The Bertz CT molecular complexity index is 718. The summed E-state index contributed by atoms with van der Waals surface area (Å²) in [5.41, 5.74) is 0.228. The predicted molar refractivity (Wildman–Crippen MR) is 76.6 cm³/mol. The second kappa shape index (κ2) is 6.33. The van der Waals surface area contributed by atoms with Crippen LogP contribution in [0.4, 0.5) is 4.39 Å². The molecule has 8 heteroatoms. The maximum Gasteiger partial charge on any atom is 0.254 e. The lowest BCUT2D eigenvalue weighted by Crippen LogP contribution is -2.43. The number of carbonyl (C=O) groups is 1. The lowest BCUT2D eigenvalue weighted by atomic mass is 10.1. The zero-order valence-corrected chi connectivity index (χ0v) is 12.8. The van der Waals surface area contributed by atoms with E-state index in [-0.39, 0.29) is 23.8 Å². The molecule has 1 aliphatic rings. The molecule has 1 atom stereocenters. The molecule has 0 saturated carbocycles. The van der Waals surface area contributed by atoms with E-state index >= 15 is 0 Å². The number of nitrogens with zero attached hydrogens (tertiary/aromatic N) is 3. The van der Waals surface area contributed by atoms with Crippen LogP contribution in [0, 0.1) is 12.7 Å². The quantitative estimate of drug-likeness (QED) is 0.857. The highest BCUT2D eigenvalue weighted by atomic mass is 19.1. The van der Waals surface area contributed by atoms with Crippen LogP contribution in [-0.4, -0.2) is 47.9 Å². The first-order chi connectivity index (χ1) is 11.1. The van der Waals surface area contributed by atoms with Gasteiger partial charge in [0.25, 0.3) is 5.91 Å². The van der Waals surface area contributed by atoms with Crippen molar-refractivity contribution in [2.45, 2.75) is 13.0 Å². The summed E-state index contributed by atoms with van der Waals surface area (Å²) in [6.45, 7) is 2.68. The number of halogens is 1. The molecule has 0 bridgehead atoms. The van der Waals surface area contributed by atoms with Gasteiger partial charge in [-0.3, -0.25) is 4.79 Å². The van der Waals surface area contributed by atoms with E-state index in [1.165, 1.54) is 19.2 Å². The van der Waals surface area contributed by atoms with Gasteiger partial charge in [0, 0.05) is 19.0 Å². The fraction of sp³-hybridized carbons (Fsp3) is 0.400. The molecule has 0 unspecified atom stereocenters. The van der Waals surface area contributed by atoms with Crippen LogP contribution in [0.25, 0.3) is 0 Å². The van der Waals surface area contributed by atoms with Crippen LogP contribution in [-0.2, 0) is 4.74 Å². The fourth-order valence-electron chi connectivity index (χ4n) is 2.46. The van der Waals surface area contributed by atoms with Crippen LogP contribution in [0.15, 0.2) is 22.6 Å². The Hall–Kier alpha value is -2.48. The molecule has 122 valence electrons. The molecule has 1 fully saturated rings. The van der Waals surface area contributed by atoms with Gasteiger partial charge < -0.3 is 18.8 Å². The highest BCUT2D eigenvalue weighted by molar-refractivity contribution is 5.94. The average molecular weight is 321 g/mol. The van der Waals surface area contributed by atoms with Gasteiger partial charge in [-0.1, -0.05) is 0 Å². The van der Waals surface area contributed by atoms with Gasteiger partial charge >= 0.3 is 0 Å². The van der Waals surface area contributed by atoms with Crippen LogP contribution in [0.2, 0.25) is 0 Å². The van der Waals surface area contributed by atoms with Crippen molar-refractivity contribution in [3.8, 4) is 5.75 Å². The summed E-state index contributed by atoms with van der Waals surface area (Å²) in [7, 11) is 1.37. The molecule has 1 aromatic heterocycles. The van der Waals surface area contributed by atoms with Crippen molar-refractivity contribution < 1.29 is 23.1 Å². The second-order valence-electron chi connectivity index (χ2n) is 5.10. The van der Waals surface area contributed by atoms with Gasteiger partial charge in [0.15, 0.2) is 11.6 Å². The molecular formula is C15H16FN3O4. The normalized spacial score (nSPS) is 18.0. The molecule has 1 amide bonds. The SMILES string of the molecule is COc1ccc(C(=O)N2CCOC[C@@H]2c2nnc(C)o2)cc1F. The maximum absolute atomic E-state index is 13.8. The Balaban J connectivity index is 1.88. The number of carbonyl (C=O) groups excluding carboxylic acids is 1. The summed E-state index contributed by atoms with van der Waals surface area (Å²) in [6.07, 6.45) is 0. The molecule has 1 saturated heterocycles. The number of methoxy groups -OCH3 is 1. The molecule has 0 radical (unpaired) electrons. The minimum Gasteiger partial charge on any atom is -0.494 e. The van der Waals surface area contributed by atoms with Crippen molar-refractivity contribution in [2.24, 2.45) is 0 Å². The summed E-state index contributed by atoms with van der Waals surface area (Å²) in [5.74, 6) is -0.0990. The van der Waals surface area contributed by atoms with Gasteiger partial charge in [-0.05, 0) is 18.2 Å². The number of aromatic nitrogens is 2. The lowest BCUT2D eigenvalue weighted by molar-refractivity contribution is -0.0106. The van der Waals surface area contributed by atoms with Crippen LogP contribution >= 0.6 is 0 Å². The molecule has 0 spiro atoms. The number of hydrogen-bond donors (Lipinski definition) is 0. The topological polar surface area (TPSA) is 77.7 Å². The average Bonchev–Trinajstić information content (AvgIpc) is 3.00. The van der Waals surface area contributed by atoms with E-state index in [1.807, 2.05) is 0 Å². The van der Waals surface area contributed by atoms with Crippen molar-refractivity contribution >= 4 is 5.91 Å². The molecule has 7 nitrogen and oxygen atoms in total. The molecule has 2 aromatic rings. The highest BCUT2D eigenvalue weighted by Crippen LogP contribution is 2.26. The van der Waals surface area contributed by atoms with E-state index in [0.717, 1.165) is 6.07 Å². The number of ether oxygens (including phenoxy) is 2. The zero-order chi connectivity index (χ0) is 16.4. The Morgan fingerprint density at radius 1 is 1.43 bits per heavy atom. The fourth-order valence-corrected chi connectivity index (χ4v) is 2.46. The smallest absolute Gasteiger partial charge is 0.254 e. The number of morpholine rings is 1. The van der Waals surface area contributed by atoms with Gasteiger partial charge in [-0.25, -0.2) is 4.39 Å². The molecule has 23 heavy (non-hydrogen) atoms. The highest BCUT2D eigenvalue weighted by Gasteiger charge is 2.33. The number of aryl methyl sites for hydroxylation is 1. The van der Waals surface area contributed by atoms with Crippen molar-refractivity contribution in [1.82, 2.24) is 15.1 Å². The molecule has 3 rings (SSSR count). The number of rotatable bonds is 3. The van der Waals surface area contributed by atoms with Gasteiger partial charge in [-0.2, -0.15) is 0 Å². The number of hydrogen-bond acceptors (Lipinski definition) is 6. The Kier molecular flexibility index (Phi) is 4.24. The lowest BCUT2D eigenvalue weighted by Gasteiger charge is -2.33. The van der Waals surface area contributed by atoms with Crippen LogP contribution < -0.4 is 4.74 Å². The Labute approximate surface area is 132 Å². The van der Waals surface area contributed by atoms with E-state index in [0.29, 0.717) is 24.9 Å². The van der Waals surface area contributed by atoms with E-state index in [9.17, 15) is 9.18 Å².